The molecule has 0 aromatic carbocycles. The van der Waals surface area contributed by atoms with Gasteiger partial charge in [-0.25, -0.2) is 13.2 Å². The van der Waals surface area contributed by atoms with Crippen molar-refractivity contribution in [2.24, 2.45) is 28.6 Å². The van der Waals surface area contributed by atoms with Crippen LogP contribution in [-0.2, 0) is 29.0 Å². The van der Waals surface area contributed by atoms with Gasteiger partial charge in [0.2, 0.25) is 17.6 Å². The van der Waals surface area contributed by atoms with Crippen molar-refractivity contribution in [1.29, 1.82) is 0 Å². The molecule has 5 aliphatic rings. The first kappa shape index (κ1) is 41.0. The van der Waals surface area contributed by atoms with Gasteiger partial charge >= 0.3 is 6.03 Å². The Labute approximate surface area is 316 Å². The molecule has 0 aromatic heterocycles. The fourth-order valence-electron chi connectivity index (χ4n) is 9.43. The van der Waals surface area contributed by atoms with Crippen LogP contribution in [0.15, 0.2) is 0 Å². The maximum Gasteiger partial charge on any atom is 0.315 e. The van der Waals surface area contributed by atoms with Gasteiger partial charge in [0.15, 0.2) is 9.84 Å². The zero-order chi connectivity index (χ0) is 39.0. The highest BCUT2D eigenvalue weighted by atomic mass is 32.2. The summed E-state index contributed by atoms with van der Waals surface area (Å²) in [6, 6.07) is -3.44. The predicted octanol–water partition coefficient (Wildman–Crippen LogP) is 4.02. The molecule has 296 valence electrons. The van der Waals surface area contributed by atoms with Crippen LogP contribution in [0.25, 0.3) is 0 Å². The summed E-state index contributed by atoms with van der Waals surface area (Å²) in [4.78, 5) is 70.9. The second-order valence-electron chi connectivity index (χ2n) is 18.3. The molecular weight excluding hydrogens is 695 g/mol. The first-order valence-corrected chi connectivity index (χ1v) is 21.6. The van der Waals surface area contributed by atoms with E-state index in [1.165, 1.54) is 0 Å². The fraction of sp³-hybridized carbons (Fsp3) is 0.825. The highest BCUT2D eigenvalue weighted by Gasteiger charge is 2.70. The molecule has 4 N–H and O–H groups in total. The zero-order valence-electron chi connectivity index (χ0n) is 32.8. The van der Waals surface area contributed by atoms with Gasteiger partial charge in [0, 0.05) is 6.54 Å². The van der Waals surface area contributed by atoms with Crippen LogP contribution >= 0.6 is 0 Å². The third-order valence-corrected chi connectivity index (χ3v) is 16.7. The van der Waals surface area contributed by atoms with Crippen molar-refractivity contribution in [3.05, 3.63) is 0 Å². The average Bonchev–Trinajstić information content (AvgIpc) is 3.96. The summed E-state index contributed by atoms with van der Waals surface area (Å²) in [7, 11) is -3.58. The maximum absolute atomic E-state index is 14.9. The van der Waals surface area contributed by atoms with E-state index < -0.39 is 67.3 Å². The van der Waals surface area contributed by atoms with Crippen LogP contribution in [0.4, 0.5) is 4.79 Å². The van der Waals surface area contributed by atoms with E-state index in [4.69, 9.17) is 6.42 Å². The van der Waals surface area contributed by atoms with Crippen molar-refractivity contribution < 1.29 is 32.4 Å². The van der Waals surface area contributed by atoms with Crippen molar-refractivity contribution in [2.45, 2.75) is 160 Å². The number of Topliss-reactive ketones (excluding diaryl/α,β-unsaturated/α-hetero) is 1. The Morgan fingerprint density at radius 3 is 2.09 bits per heavy atom. The number of piperidine rings is 1. The molecule has 53 heavy (non-hydrogen) atoms. The molecule has 1 aliphatic heterocycles. The van der Waals surface area contributed by atoms with Gasteiger partial charge in [0.05, 0.1) is 28.6 Å². The van der Waals surface area contributed by atoms with Crippen molar-refractivity contribution in [2.75, 3.05) is 18.8 Å². The topological polar surface area (TPSA) is 171 Å². The molecule has 0 radical (unpaired) electrons. The van der Waals surface area contributed by atoms with E-state index in [0.29, 0.717) is 45.1 Å². The molecule has 12 nitrogen and oxygen atoms in total. The van der Waals surface area contributed by atoms with Gasteiger partial charge in [-0.05, 0) is 81.0 Å². The van der Waals surface area contributed by atoms with E-state index in [9.17, 15) is 32.4 Å². The van der Waals surface area contributed by atoms with Crippen LogP contribution in [0.2, 0.25) is 0 Å². The van der Waals surface area contributed by atoms with Gasteiger partial charge in [0.25, 0.3) is 5.91 Å². The van der Waals surface area contributed by atoms with Crippen LogP contribution in [0, 0.1) is 40.9 Å². The molecule has 5 amide bonds. The van der Waals surface area contributed by atoms with Crippen LogP contribution in [-0.4, -0.2) is 90.1 Å². The smallest absolute Gasteiger partial charge is 0.315 e. The average molecular weight is 758 g/mol. The quantitative estimate of drug-likeness (QED) is 0.144. The Kier molecular flexibility index (Phi) is 12.0. The van der Waals surface area contributed by atoms with Crippen LogP contribution < -0.4 is 21.3 Å². The second-order valence-corrected chi connectivity index (χ2v) is 21.0. The molecule has 5 atom stereocenters. The fourth-order valence-corrected chi connectivity index (χ4v) is 11.4. The molecule has 5 rings (SSSR count). The minimum atomic E-state index is -3.58. The number of urea groups is 1. The molecule has 1 heterocycles. The largest absolute Gasteiger partial charge is 0.344 e. The third kappa shape index (κ3) is 8.73. The second kappa shape index (κ2) is 15.5. The van der Waals surface area contributed by atoms with E-state index in [-0.39, 0.29) is 41.4 Å². The summed E-state index contributed by atoms with van der Waals surface area (Å²) in [5, 5.41) is 11.5. The van der Waals surface area contributed by atoms with E-state index in [1.54, 1.807) is 18.7 Å². The standard InChI is InChI=1S/C40H63N5O7S/c1-8-22-41-34(48)31(46)28(23-26-16-17-26)42-33(47)30-29-27(38(29,5)6)24-45(30)35(49)32(39(7)18-12-10-13-19-39)43-36(50)44-40(20-14-11-15-21-40)25-53(51,52)37(3,4)9-2/h1,26-30,32H,9-25H2,2-7H3,(H,41,48)(H,42,47)(H2,43,44,50)/t27?,28?,29-,30-,32+/m0/s1. The summed E-state index contributed by atoms with van der Waals surface area (Å²) in [6.45, 7) is 11.7. The number of rotatable bonds is 15. The zero-order valence-corrected chi connectivity index (χ0v) is 33.6. The van der Waals surface area contributed by atoms with E-state index >= 15 is 0 Å². The van der Waals surface area contributed by atoms with Crippen LogP contribution in [0.1, 0.15) is 131 Å². The van der Waals surface area contributed by atoms with Gasteiger partial charge in [-0.3, -0.25) is 19.2 Å². The molecule has 1 saturated heterocycles. The Hall–Kier alpha value is -3.14. The van der Waals surface area contributed by atoms with Gasteiger partial charge in [-0.15, -0.1) is 6.42 Å². The summed E-state index contributed by atoms with van der Waals surface area (Å²) in [6.07, 6.45) is 15.7. The predicted molar refractivity (Wildman–Crippen MR) is 203 cm³/mol. The summed E-state index contributed by atoms with van der Waals surface area (Å²) >= 11 is 0. The van der Waals surface area contributed by atoms with E-state index in [2.05, 4.69) is 41.0 Å². The number of hydrogen-bond acceptors (Lipinski definition) is 7. The third-order valence-electron chi connectivity index (χ3n) is 13.8. The van der Waals surface area contributed by atoms with E-state index in [1.807, 2.05) is 13.8 Å². The number of sulfone groups is 1. The molecular formula is C40H63N5O7S. The number of likely N-dealkylation sites (tertiary alicyclic amines) is 1. The van der Waals surface area contributed by atoms with Gasteiger partial charge in [-0.2, -0.15) is 0 Å². The maximum atomic E-state index is 14.9. The van der Waals surface area contributed by atoms with Crippen LogP contribution in [0.3, 0.4) is 0 Å². The molecule has 4 saturated carbocycles. The lowest BCUT2D eigenvalue weighted by Gasteiger charge is -2.44. The van der Waals surface area contributed by atoms with Crippen LogP contribution in [0.5, 0.6) is 0 Å². The lowest BCUT2D eigenvalue weighted by molar-refractivity contribution is -0.146. The van der Waals surface area contributed by atoms with Crippen molar-refractivity contribution in [3.8, 4) is 12.3 Å². The molecule has 0 bridgehead atoms. The Bertz CT molecular complexity index is 1580. The Morgan fingerprint density at radius 1 is 0.925 bits per heavy atom. The normalized spacial score (nSPS) is 26.9. The first-order chi connectivity index (χ1) is 24.8. The summed E-state index contributed by atoms with van der Waals surface area (Å²) in [5.74, 6) is -0.158. The molecule has 5 fully saturated rings. The molecule has 0 aromatic rings. The van der Waals surface area contributed by atoms with Crippen molar-refractivity contribution >= 4 is 39.4 Å². The molecule has 2 unspecified atom stereocenters. The minimum Gasteiger partial charge on any atom is -0.344 e. The number of ketones is 1. The number of nitrogens with zero attached hydrogens (tertiary/aromatic N) is 1. The Balaban J connectivity index is 1.40. The van der Waals surface area contributed by atoms with Gasteiger partial charge in [0.1, 0.15) is 12.1 Å². The number of nitrogens with one attached hydrogen (secondary N) is 4. The number of carbonyl (C=O) groups excluding carboxylic acids is 5. The summed E-state index contributed by atoms with van der Waals surface area (Å²) in [5.41, 5.74) is -1.75. The van der Waals surface area contributed by atoms with Crippen molar-refractivity contribution in [3.63, 3.8) is 0 Å². The number of fused-ring (bicyclic) bond motifs is 1. The number of carbonyl (C=O) groups is 5. The Morgan fingerprint density at radius 2 is 1.53 bits per heavy atom. The molecule has 0 spiro atoms. The van der Waals surface area contributed by atoms with Gasteiger partial charge in [-0.1, -0.05) is 85.0 Å². The van der Waals surface area contributed by atoms with Gasteiger partial charge < -0.3 is 26.2 Å². The number of amides is 5. The SMILES string of the molecule is C#CCNC(=O)C(=O)C(CC1CC1)NC(=O)[C@@H]1[C@@H]2C(CN1C(=O)[C@@H](NC(=O)NC1(CS(=O)(=O)C(C)(C)CC)CCCCC1)C1(C)CCCCC1)C2(C)C. The first-order valence-electron chi connectivity index (χ1n) is 20.0. The molecule has 13 heteroatoms. The highest BCUT2D eigenvalue weighted by Crippen LogP contribution is 2.65. The summed E-state index contributed by atoms with van der Waals surface area (Å²) < 4.78 is 26.4. The molecule has 4 aliphatic carbocycles. The number of hydrogen-bond donors (Lipinski definition) is 4. The van der Waals surface area contributed by atoms with Crippen molar-refractivity contribution in [1.82, 2.24) is 26.2 Å². The minimum absolute atomic E-state index is 0.0602. The number of terminal acetylenes is 1. The monoisotopic (exact) mass is 757 g/mol. The van der Waals surface area contributed by atoms with E-state index in [0.717, 1.165) is 51.4 Å². The lowest BCUT2D eigenvalue weighted by Crippen LogP contribution is -2.65. The highest BCUT2D eigenvalue weighted by molar-refractivity contribution is 7.92. The lowest BCUT2D eigenvalue weighted by atomic mass is 9.70.